The van der Waals surface area contributed by atoms with Gasteiger partial charge in [-0.05, 0) is 61.0 Å². The molecule has 4 rings (SSSR count). The summed E-state index contributed by atoms with van der Waals surface area (Å²) in [5, 5.41) is 0. The van der Waals surface area contributed by atoms with E-state index in [9.17, 15) is 9.59 Å². The quantitative estimate of drug-likeness (QED) is 0.447. The molecule has 5 heteroatoms. The predicted octanol–water partition coefficient (Wildman–Crippen LogP) is 4.77. The van der Waals surface area contributed by atoms with E-state index >= 15 is 4.39 Å². The van der Waals surface area contributed by atoms with Gasteiger partial charge in [-0.15, -0.1) is 0 Å². The van der Waals surface area contributed by atoms with Gasteiger partial charge in [0.1, 0.15) is 12.3 Å². The molecule has 8 atom stereocenters. The SMILES string of the molecule is CC(=O)OC1CC[C@H]2[C@@H]3CC(Br)C4=CC(=O)CC[C@]4(C)[C@@H]3C(F)C[C@]12C. The van der Waals surface area contributed by atoms with E-state index in [0.29, 0.717) is 18.8 Å². The van der Waals surface area contributed by atoms with E-state index in [1.54, 1.807) is 6.08 Å². The molecule has 144 valence electrons. The summed E-state index contributed by atoms with van der Waals surface area (Å²) >= 11 is 3.82. The Bertz CT molecular complexity index is 676. The van der Waals surface area contributed by atoms with Crippen molar-refractivity contribution in [3.8, 4) is 0 Å². The van der Waals surface area contributed by atoms with Crippen molar-refractivity contribution in [2.45, 2.75) is 76.4 Å². The van der Waals surface area contributed by atoms with E-state index in [1.165, 1.54) is 6.92 Å². The van der Waals surface area contributed by atoms with Crippen LogP contribution in [0.4, 0.5) is 4.39 Å². The van der Waals surface area contributed by atoms with Gasteiger partial charge in [-0.2, -0.15) is 0 Å². The number of carbonyl (C=O) groups excluding carboxylic acids is 2. The molecule has 0 bridgehead atoms. The van der Waals surface area contributed by atoms with Gasteiger partial charge >= 0.3 is 5.97 Å². The molecule has 0 aliphatic heterocycles. The summed E-state index contributed by atoms with van der Waals surface area (Å²) < 4.78 is 21.3. The second-order valence-corrected chi connectivity index (χ2v) is 10.5. The largest absolute Gasteiger partial charge is 0.462 e. The van der Waals surface area contributed by atoms with E-state index in [2.05, 4.69) is 29.8 Å². The number of alkyl halides is 2. The van der Waals surface area contributed by atoms with Gasteiger partial charge in [0.25, 0.3) is 0 Å². The van der Waals surface area contributed by atoms with Crippen LogP contribution in [0, 0.1) is 28.6 Å². The molecule has 3 unspecified atom stereocenters. The Balaban J connectivity index is 1.71. The number of hydrogen-bond donors (Lipinski definition) is 0. The van der Waals surface area contributed by atoms with Crippen LogP contribution in [0.2, 0.25) is 0 Å². The number of carbonyl (C=O) groups is 2. The Labute approximate surface area is 163 Å². The first-order chi connectivity index (χ1) is 12.2. The monoisotopic (exact) mass is 426 g/mol. The summed E-state index contributed by atoms with van der Waals surface area (Å²) in [6.45, 7) is 5.74. The van der Waals surface area contributed by atoms with Crippen molar-refractivity contribution < 1.29 is 18.7 Å². The summed E-state index contributed by atoms with van der Waals surface area (Å²) in [6, 6.07) is 0. The van der Waals surface area contributed by atoms with Crippen LogP contribution in [0.1, 0.15) is 59.3 Å². The number of ether oxygens (including phenoxy) is 1. The fourth-order valence-corrected chi connectivity index (χ4v) is 8.05. The zero-order valence-corrected chi connectivity index (χ0v) is 17.4. The van der Waals surface area contributed by atoms with Crippen LogP contribution < -0.4 is 0 Å². The van der Waals surface area contributed by atoms with Crippen LogP contribution in [-0.4, -0.2) is 28.9 Å². The van der Waals surface area contributed by atoms with Crippen LogP contribution in [-0.2, 0) is 14.3 Å². The zero-order chi connectivity index (χ0) is 18.9. The predicted molar refractivity (Wildman–Crippen MR) is 101 cm³/mol. The number of rotatable bonds is 1. The molecule has 26 heavy (non-hydrogen) atoms. The van der Waals surface area contributed by atoms with Crippen molar-refractivity contribution in [1.29, 1.82) is 0 Å². The standard InChI is InChI=1S/C21H28BrFO3/c1-11(24)26-18-5-4-14-13-9-16(22)15-8-12(25)6-7-20(15,2)19(13)17(23)10-21(14,18)3/h8,13-14,16-19H,4-7,9-10H2,1-3H3/t13-,14-,16?,17?,18?,19-,20-,21-/m0/s1. The lowest BCUT2D eigenvalue weighted by atomic mass is 9.47. The summed E-state index contributed by atoms with van der Waals surface area (Å²) in [5.74, 6) is 0.514. The van der Waals surface area contributed by atoms with Crippen molar-refractivity contribution in [2.75, 3.05) is 0 Å². The van der Waals surface area contributed by atoms with Gasteiger partial charge < -0.3 is 4.74 Å². The minimum absolute atomic E-state index is 0.0372. The first-order valence-corrected chi connectivity index (χ1v) is 10.8. The lowest BCUT2D eigenvalue weighted by Gasteiger charge is -2.59. The average Bonchev–Trinajstić information content (AvgIpc) is 2.84. The molecule has 0 radical (unpaired) electrons. The summed E-state index contributed by atoms with van der Waals surface area (Å²) in [4.78, 5) is 23.7. The summed E-state index contributed by atoms with van der Waals surface area (Å²) in [5.41, 5.74) is 0.586. The van der Waals surface area contributed by atoms with Crippen LogP contribution in [0.3, 0.4) is 0 Å². The maximum Gasteiger partial charge on any atom is 0.302 e. The van der Waals surface area contributed by atoms with E-state index < -0.39 is 6.17 Å². The van der Waals surface area contributed by atoms with E-state index in [0.717, 1.165) is 31.3 Å². The van der Waals surface area contributed by atoms with Crippen molar-refractivity contribution in [2.24, 2.45) is 28.6 Å². The van der Waals surface area contributed by atoms with E-state index in [4.69, 9.17) is 4.74 Å². The molecular weight excluding hydrogens is 399 g/mol. The highest BCUT2D eigenvalue weighted by Crippen LogP contribution is 2.66. The molecule has 3 saturated carbocycles. The van der Waals surface area contributed by atoms with Gasteiger partial charge in [-0.1, -0.05) is 29.8 Å². The third kappa shape index (κ3) is 2.56. The fraction of sp³-hybridized carbons (Fsp3) is 0.810. The maximum atomic E-state index is 15.7. The van der Waals surface area contributed by atoms with Gasteiger partial charge in [0, 0.05) is 29.5 Å². The Hall–Kier alpha value is -0.710. The molecule has 0 aromatic heterocycles. The minimum Gasteiger partial charge on any atom is -0.462 e. The van der Waals surface area contributed by atoms with E-state index in [1.807, 2.05) is 0 Å². The number of ketones is 1. The lowest BCUT2D eigenvalue weighted by molar-refractivity contribution is -0.162. The van der Waals surface area contributed by atoms with Crippen molar-refractivity contribution in [1.82, 2.24) is 0 Å². The summed E-state index contributed by atoms with van der Waals surface area (Å²) in [7, 11) is 0. The molecule has 0 N–H and O–H groups in total. The Morgan fingerprint density at radius 2 is 2.08 bits per heavy atom. The third-order valence-corrected chi connectivity index (χ3v) is 8.92. The smallest absolute Gasteiger partial charge is 0.302 e. The zero-order valence-electron chi connectivity index (χ0n) is 15.8. The topological polar surface area (TPSA) is 43.4 Å². The number of fused-ring (bicyclic) bond motifs is 5. The van der Waals surface area contributed by atoms with Gasteiger partial charge in [-0.3, -0.25) is 9.59 Å². The van der Waals surface area contributed by atoms with Crippen molar-refractivity contribution >= 4 is 27.7 Å². The molecule has 3 nitrogen and oxygen atoms in total. The molecule has 0 heterocycles. The molecule has 0 aromatic carbocycles. The third-order valence-electron chi connectivity index (χ3n) is 8.05. The molecule has 0 amide bonds. The molecule has 0 aromatic rings. The highest BCUT2D eigenvalue weighted by Gasteiger charge is 2.64. The van der Waals surface area contributed by atoms with Crippen LogP contribution in [0.5, 0.6) is 0 Å². The summed E-state index contributed by atoms with van der Waals surface area (Å²) in [6.07, 6.45) is 5.13. The number of hydrogen-bond acceptors (Lipinski definition) is 3. The minimum atomic E-state index is -0.918. The fourth-order valence-electron chi connectivity index (χ4n) is 6.97. The van der Waals surface area contributed by atoms with Crippen LogP contribution in [0.25, 0.3) is 0 Å². The van der Waals surface area contributed by atoms with Gasteiger partial charge in [0.05, 0.1) is 0 Å². The van der Waals surface area contributed by atoms with Crippen molar-refractivity contribution in [3.05, 3.63) is 11.6 Å². The lowest BCUT2D eigenvalue weighted by Crippen LogP contribution is -2.58. The van der Waals surface area contributed by atoms with Crippen molar-refractivity contribution in [3.63, 3.8) is 0 Å². The molecule has 0 saturated heterocycles. The van der Waals surface area contributed by atoms with Gasteiger partial charge in [-0.25, -0.2) is 4.39 Å². The molecule has 0 spiro atoms. The van der Waals surface area contributed by atoms with Crippen LogP contribution in [0.15, 0.2) is 11.6 Å². The number of allylic oxidation sites excluding steroid dienone is 1. The highest BCUT2D eigenvalue weighted by molar-refractivity contribution is 9.09. The second-order valence-electron chi connectivity index (χ2n) is 9.38. The molecule has 3 fully saturated rings. The average molecular weight is 427 g/mol. The van der Waals surface area contributed by atoms with Gasteiger partial charge in [0.15, 0.2) is 5.78 Å². The van der Waals surface area contributed by atoms with E-state index in [-0.39, 0.29) is 45.3 Å². The Kier molecular flexibility index (Phi) is 4.41. The number of halogens is 2. The molecule has 4 aliphatic rings. The first kappa shape index (κ1) is 18.6. The highest BCUT2D eigenvalue weighted by atomic mass is 79.9. The molecule has 4 aliphatic carbocycles. The second kappa shape index (κ2) is 6.15. The Morgan fingerprint density at radius 1 is 1.35 bits per heavy atom. The van der Waals surface area contributed by atoms with Gasteiger partial charge in [0.2, 0.25) is 0 Å². The maximum absolute atomic E-state index is 15.7. The molecular formula is C21H28BrFO3. The normalized spacial score (nSPS) is 50.3. The number of esters is 1. The first-order valence-electron chi connectivity index (χ1n) is 9.87. The van der Waals surface area contributed by atoms with Crippen LogP contribution >= 0.6 is 15.9 Å². The Morgan fingerprint density at radius 3 is 2.77 bits per heavy atom.